The van der Waals surface area contributed by atoms with Gasteiger partial charge in [-0.15, -0.1) is 0 Å². The Kier molecular flexibility index (Phi) is 11.4. The summed E-state index contributed by atoms with van der Waals surface area (Å²) in [6.07, 6.45) is 10.0. The van der Waals surface area contributed by atoms with Crippen LogP contribution in [0.3, 0.4) is 0 Å². The van der Waals surface area contributed by atoms with Gasteiger partial charge in [0.15, 0.2) is 0 Å². The van der Waals surface area contributed by atoms with Crippen LogP contribution in [0.1, 0.15) is 79.1 Å². The fraction of sp³-hybridized carbons (Fsp3) is 0.727. The molecule has 1 aromatic rings. The molecule has 0 radical (unpaired) electrons. The second-order valence-electron chi connectivity index (χ2n) is 6.93. The highest BCUT2D eigenvalue weighted by Crippen LogP contribution is 2.23. The zero-order chi connectivity index (χ0) is 17.6. The first-order valence-corrected chi connectivity index (χ1v) is 10.1. The van der Waals surface area contributed by atoms with Gasteiger partial charge in [-0.05, 0) is 36.8 Å². The normalized spacial score (nSPS) is 13.5. The lowest BCUT2D eigenvalue weighted by Crippen LogP contribution is -2.12. The maximum absolute atomic E-state index is 6.01. The molecule has 0 spiro atoms. The van der Waals surface area contributed by atoms with E-state index in [0.717, 1.165) is 24.7 Å². The fourth-order valence-electron chi connectivity index (χ4n) is 2.88. The van der Waals surface area contributed by atoms with Crippen LogP contribution in [0.25, 0.3) is 0 Å². The zero-order valence-electron chi connectivity index (χ0n) is 16.4. The van der Waals surface area contributed by atoms with E-state index in [1.54, 1.807) is 0 Å². The summed E-state index contributed by atoms with van der Waals surface area (Å²) in [4.78, 5) is 0. The summed E-state index contributed by atoms with van der Waals surface area (Å²) in [6, 6.07) is 8.14. The predicted octanol–water partition coefficient (Wildman–Crippen LogP) is 6.88. The van der Waals surface area contributed by atoms with Gasteiger partial charge in [0, 0.05) is 6.07 Å². The van der Waals surface area contributed by atoms with Gasteiger partial charge >= 0.3 is 0 Å². The Morgan fingerprint density at radius 1 is 0.750 bits per heavy atom. The van der Waals surface area contributed by atoms with E-state index in [1.807, 2.05) is 24.3 Å². The Morgan fingerprint density at radius 2 is 1.21 bits per heavy atom. The average molecular weight is 335 g/mol. The van der Waals surface area contributed by atoms with Crippen LogP contribution in [0.5, 0.6) is 11.5 Å². The number of hydrogen-bond acceptors (Lipinski definition) is 2. The van der Waals surface area contributed by atoms with Crippen LogP contribution in [-0.2, 0) is 0 Å². The molecule has 0 saturated carbocycles. The van der Waals surface area contributed by atoms with Gasteiger partial charge in [-0.1, -0.05) is 72.3 Å². The Balaban J connectivity index is 2.44. The van der Waals surface area contributed by atoms with Gasteiger partial charge < -0.3 is 9.47 Å². The molecule has 2 atom stereocenters. The molecule has 1 aromatic carbocycles. The van der Waals surface area contributed by atoms with Crippen molar-refractivity contribution in [2.45, 2.75) is 79.1 Å². The summed E-state index contributed by atoms with van der Waals surface area (Å²) < 4.78 is 12.0. The molecule has 1 rings (SSSR count). The van der Waals surface area contributed by atoms with Gasteiger partial charge in [0.2, 0.25) is 0 Å². The van der Waals surface area contributed by atoms with E-state index >= 15 is 0 Å². The second kappa shape index (κ2) is 13.1. The van der Waals surface area contributed by atoms with Gasteiger partial charge in [0.1, 0.15) is 11.5 Å². The third-order valence-corrected chi connectivity index (χ3v) is 4.86. The second-order valence-corrected chi connectivity index (χ2v) is 6.93. The summed E-state index contributed by atoms with van der Waals surface area (Å²) in [5.41, 5.74) is 0. The van der Waals surface area contributed by atoms with Crippen LogP contribution in [0.4, 0.5) is 0 Å². The zero-order valence-corrected chi connectivity index (χ0v) is 16.4. The van der Waals surface area contributed by atoms with Gasteiger partial charge in [0.05, 0.1) is 13.2 Å². The molecule has 0 amide bonds. The molecular weight excluding hydrogens is 296 g/mol. The highest BCUT2D eigenvalue weighted by Gasteiger charge is 2.09. The van der Waals surface area contributed by atoms with Gasteiger partial charge in [0.25, 0.3) is 0 Å². The summed E-state index contributed by atoms with van der Waals surface area (Å²) in [5, 5.41) is 0. The summed E-state index contributed by atoms with van der Waals surface area (Å²) in [6.45, 7) is 10.6. The average Bonchev–Trinajstić information content (AvgIpc) is 2.62. The molecular formula is C22H38O2. The van der Waals surface area contributed by atoms with Crippen molar-refractivity contribution in [3.05, 3.63) is 24.3 Å². The van der Waals surface area contributed by atoms with Crippen molar-refractivity contribution < 1.29 is 9.47 Å². The number of rotatable bonds is 14. The van der Waals surface area contributed by atoms with Crippen LogP contribution in [0.2, 0.25) is 0 Å². The quantitative estimate of drug-likeness (QED) is 0.369. The number of ether oxygens (including phenoxy) is 2. The molecule has 0 aliphatic carbocycles. The molecule has 0 fully saturated rings. The van der Waals surface area contributed by atoms with Crippen molar-refractivity contribution in [2.75, 3.05) is 13.2 Å². The lowest BCUT2D eigenvalue weighted by molar-refractivity contribution is 0.223. The van der Waals surface area contributed by atoms with Crippen molar-refractivity contribution in [1.82, 2.24) is 0 Å². The highest BCUT2D eigenvalue weighted by atomic mass is 16.5. The first-order valence-electron chi connectivity index (χ1n) is 10.1. The van der Waals surface area contributed by atoms with E-state index in [2.05, 4.69) is 27.7 Å². The number of hydrogen-bond donors (Lipinski definition) is 0. The van der Waals surface area contributed by atoms with Crippen molar-refractivity contribution in [3.63, 3.8) is 0 Å². The van der Waals surface area contributed by atoms with E-state index in [1.165, 1.54) is 51.4 Å². The molecule has 0 N–H and O–H groups in total. The summed E-state index contributed by atoms with van der Waals surface area (Å²) in [5.74, 6) is 3.19. The summed E-state index contributed by atoms with van der Waals surface area (Å²) >= 11 is 0. The number of benzene rings is 1. The Bertz CT molecular complexity index is 381. The Labute approximate surface area is 149 Å². The van der Waals surface area contributed by atoms with Crippen molar-refractivity contribution in [1.29, 1.82) is 0 Å². The molecule has 138 valence electrons. The minimum atomic E-state index is 0.660. The Morgan fingerprint density at radius 3 is 1.58 bits per heavy atom. The van der Waals surface area contributed by atoms with Gasteiger partial charge in [-0.3, -0.25) is 0 Å². The minimum Gasteiger partial charge on any atom is -0.493 e. The van der Waals surface area contributed by atoms with Gasteiger partial charge in [-0.25, -0.2) is 0 Å². The van der Waals surface area contributed by atoms with E-state index in [-0.39, 0.29) is 0 Å². The fourth-order valence-corrected chi connectivity index (χ4v) is 2.88. The molecule has 0 aliphatic rings. The molecule has 0 aliphatic heterocycles. The molecule has 0 aromatic heterocycles. The third kappa shape index (κ3) is 8.61. The minimum absolute atomic E-state index is 0.660. The number of unbranched alkanes of at least 4 members (excludes halogenated alkanes) is 2. The topological polar surface area (TPSA) is 18.5 Å². The lowest BCUT2D eigenvalue weighted by Gasteiger charge is -2.17. The monoisotopic (exact) mass is 334 g/mol. The van der Waals surface area contributed by atoms with E-state index < -0.39 is 0 Å². The molecule has 0 saturated heterocycles. The maximum Gasteiger partial charge on any atom is 0.122 e. The Hall–Kier alpha value is -1.18. The van der Waals surface area contributed by atoms with Crippen LogP contribution < -0.4 is 9.47 Å². The summed E-state index contributed by atoms with van der Waals surface area (Å²) in [7, 11) is 0. The molecule has 0 heterocycles. The smallest absolute Gasteiger partial charge is 0.122 e. The van der Waals surface area contributed by atoms with Crippen LogP contribution >= 0.6 is 0 Å². The van der Waals surface area contributed by atoms with Crippen LogP contribution in [0, 0.1) is 11.8 Å². The van der Waals surface area contributed by atoms with E-state index in [0.29, 0.717) is 11.8 Å². The van der Waals surface area contributed by atoms with E-state index in [9.17, 15) is 0 Å². The van der Waals surface area contributed by atoms with Crippen molar-refractivity contribution >= 4 is 0 Å². The largest absolute Gasteiger partial charge is 0.493 e. The molecule has 2 heteroatoms. The first-order chi connectivity index (χ1) is 11.7. The molecule has 2 unspecified atom stereocenters. The standard InChI is InChI=1S/C22H38O2/c1-5-9-12-19(7-3)17-23-21-14-11-15-22(16-21)24-18-20(8-4)13-10-6-2/h11,14-16,19-20H,5-10,12-13,17-18H2,1-4H3. The third-order valence-electron chi connectivity index (χ3n) is 4.86. The van der Waals surface area contributed by atoms with Gasteiger partial charge in [-0.2, -0.15) is 0 Å². The van der Waals surface area contributed by atoms with Crippen molar-refractivity contribution in [2.24, 2.45) is 11.8 Å². The molecule has 0 bridgehead atoms. The predicted molar refractivity (Wildman–Crippen MR) is 104 cm³/mol. The molecule has 24 heavy (non-hydrogen) atoms. The SMILES string of the molecule is CCCCC(CC)COc1cccc(OCC(CC)CCCC)c1. The van der Waals surface area contributed by atoms with Crippen molar-refractivity contribution in [3.8, 4) is 11.5 Å². The highest BCUT2D eigenvalue weighted by molar-refractivity contribution is 5.32. The maximum atomic E-state index is 6.01. The first kappa shape index (κ1) is 20.9. The lowest BCUT2D eigenvalue weighted by atomic mass is 10.0. The molecule has 2 nitrogen and oxygen atoms in total. The van der Waals surface area contributed by atoms with E-state index in [4.69, 9.17) is 9.47 Å². The van der Waals surface area contributed by atoms with Crippen LogP contribution in [-0.4, -0.2) is 13.2 Å². The van der Waals surface area contributed by atoms with Crippen LogP contribution in [0.15, 0.2) is 24.3 Å².